The minimum absolute atomic E-state index is 0.0398. The molecule has 0 atom stereocenters. The van der Waals surface area contributed by atoms with Gasteiger partial charge in [-0.1, -0.05) is 44.2 Å². The van der Waals surface area contributed by atoms with Crippen LogP contribution in [0.15, 0.2) is 30.3 Å². The van der Waals surface area contributed by atoms with Crippen molar-refractivity contribution in [1.82, 2.24) is 15.0 Å². The highest BCUT2D eigenvalue weighted by molar-refractivity contribution is 5.86. The lowest BCUT2D eigenvalue weighted by atomic mass is 9.90. The maximum atomic E-state index is 11.3. The normalized spacial score (nSPS) is 11.4. The molecule has 1 heterocycles. The molecule has 1 aromatic carbocycles. The maximum Gasteiger partial charge on any atom is 0.358 e. The van der Waals surface area contributed by atoms with E-state index in [9.17, 15) is 9.90 Å². The van der Waals surface area contributed by atoms with Gasteiger partial charge in [0.1, 0.15) is 5.75 Å². The van der Waals surface area contributed by atoms with Crippen LogP contribution in [0.5, 0.6) is 5.75 Å². The van der Waals surface area contributed by atoms with Gasteiger partial charge >= 0.3 is 5.97 Å². The van der Waals surface area contributed by atoms with Crippen molar-refractivity contribution in [2.24, 2.45) is 0 Å². The van der Waals surface area contributed by atoms with Crippen LogP contribution in [-0.2, 0) is 12.0 Å². The molecule has 0 saturated carbocycles. The van der Waals surface area contributed by atoms with Crippen molar-refractivity contribution in [3.8, 4) is 5.75 Å². The van der Waals surface area contributed by atoms with Gasteiger partial charge in [0, 0.05) is 12.0 Å². The van der Waals surface area contributed by atoms with Crippen molar-refractivity contribution in [2.45, 2.75) is 45.6 Å². The molecule has 0 spiro atoms. The number of aromatic carboxylic acids is 1. The SMILES string of the molecule is CC(C)(C)c1c(C(=O)O)nnn1CCCCOc1ccccc1. The van der Waals surface area contributed by atoms with Crippen LogP contribution in [0.25, 0.3) is 0 Å². The highest BCUT2D eigenvalue weighted by Gasteiger charge is 2.28. The monoisotopic (exact) mass is 317 g/mol. The van der Waals surface area contributed by atoms with Gasteiger partial charge < -0.3 is 9.84 Å². The van der Waals surface area contributed by atoms with Gasteiger partial charge in [-0.15, -0.1) is 5.10 Å². The molecule has 0 unspecified atom stereocenters. The number of carboxylic acid groups (broad SMARTS) is 1. The molecular weight excluding hydrogens is 294 g/mol. The third kappa shape index (κ3) is 4.55. The van der Waals surface area contributed by atoms with E-state index in [0.717, 1.165) is 18.6 Å². The molecule has 2 aromatic rings. The van der Waals surface area contributed by atoms with Gasteiger partial charge in [-0.3, -0.25) is 0 Å². The number of carbonyl (C=O) groups is 1. The number of hydrogen-bond donors (Lipinski definition) is 1. The van der Waals surface area contributed by atoms with Crippen LogP contribution in [-0.4, -0.2) is 32.7 Å². The molecule has 1 N–H and O–H groups in total. The number of unbranched alkanes of at least 4 members (excludes halogenated alkanes) is 1. The summed E-state index contributed by atoms with van der Waals surface area (Å²) in [5.41, 5.74) is 0.379. The Hall–Kier alpha value is -2.37. The third-order valence-corrected chi connectivity index (χ3v) is 3.42. The maximum absolute atomic E-state index is 11.3. The molecule has 2 rings (SSSR count). The molecule has 124 valence electrons. The minimum atomic E-state index is -1.03. The Bertz CT molecular complexity index is 645. The molecule has 1 aromatic heterocycles. The lowest BCUT2D eigenvalue weighted by Gasteiger charge is -2.20. The van der Waals surface area contributed by atoms with Crippen molar-refractivity contribution in [2.75, 3.05) is 6.61 Å². The number of benzene rings is 1. The summed E-state index contributed by atoms with van der Waals surface area (Å²) < 4.78 is 7.35. The van der Waals surface area contributed by atoms with E-state index in [4.69, 9.17) is 4.74 Å². The standard InChI is InChI=1S/C17H23N3O3/c1-17(2,3)15-14(16(21)22)18-19-20(15)11-7-8-12-23-13-9-5-4-6-10-13/h4-6,9-10H,7-8,11-12H2,1-3H3,(H,21,22). The second-order valence-corrected chi connectivity index (χ2v) is 6.43. The van der Waals surface area contributed by atoms with Gasteiger partial charge in [0.05, 0.1) is 12.3 Å². The lowest BCUT2D eigenvalue weighted by Crippen LogP contribution is -2.22. The Morgan fingerprint density at radius 2 is 1.91 bits per heavy atom. The Balaban J connectivity index is 1.90. The highest BCUT2D eigenvalue weighted by atomic mass is 16.5. The van der Waals surface area contributed by atoms with Crippen molar-refractivity contribution in [1.29, 1.82) is 0 Å². The molecule has 0 aliphatic carbocycles. The predicted molar refractivity (Wildman–Crippen MR) is 86.9 cm³/mol. The molecule has 0 amide bonds. The van der Waals surface area contributed by atoms with E-state index in [1.54, 1.807) is 4.68 Å². The molecule has 0 aliphatic rings. The zero-order chi connectivity index (χ0) is 16.9. The van der Waals surface area contributed by atoms with Gasteiger partial charge in [-0.25, -0.2) is 9.48 Å². The van der Waals surface area contributed by atoms with Crippen LogP contribution in [0.4, 0.5) is 0 Å². The van der Waals surface area contributed by atoms with Gasteiger partial charge in [-0.05, 0) is 25.0 Å². The number of para-hydroxylation sites is 1. The Morgan fingerprint density at radius 1 is 1.22 bits per heavy atom. The van der Waals surface area contributed by atoms with Gasteiger partial charge in [-0.2, -0.15) is 0 Å². The first-order valence-electron chi connectivity index (χ1n) is 7.74. The summed E-state index contributed by atoms with van der Waals surface area (Å²) in [7, 11) is 0. The fraction of sp³-hybridized carbons (Fsp3) is 0.471. The van der Waals surface area contributed by atoms with E-state index in [1.165, 1.54) is 0 Å². The number of aryl methyl sites for hydroxylation is 1. The predicted octanol–water partition coefficient (Wildman–Crippen LogP) is 3.13. The topological polar surface area (TPSA) is 77.2 Å². The smallest absolute Gasteiger partial charge is 0.358 e. The second kappa shape index (κ2) is 7.26. The fourth-order valence-corrected chi connectivity index (χ4v) is 2.43. The molecule has 6 nitrogen and oxygen atoms in total. The van der Waals surface area contributed by atoms with E-state index in [-0.39, 0.29) is 11.1 Å². The highest BCUT2D eigenvalue weighted by Crippen LogP contribution is 2.25. The molecule has 0 radical (unpaired) electrons. The van der Waals surface area contributed by atoms with Crippen LogP contribution in [0.2, 0.25) is 0 Å². The molecule has 0 bridgehead atoms. The molecule has 0 aliphatic heterocycles. The fourth-order valence-electron chi connectivity index (χ4n) is 2.43. The van der Waals surface area contributed by atoms with E-state index in [1.807, 2.05) is 51.1 Å². The molecule has 6 heteroatoms. The largest absolute Gasteiger partial charge is 0.494 e. The van der Waals surface area contributed by atoms with Crippen LogP contribution in [0.1, 0.15) is 49.8 Å². The molecule has 0 saturated heterocycles. The van der Waals surface area contributed by atoms with Gasteiger partial charge in [0.2, 0.25) is 0 Å². The van der Waals surface area contributed by atoms with E-state index in [2.05, 4.69) is 10.3 Å². The summed E-state index contributed by atoms with van der Waals surface area (Å²) in [5, 5.41) is 17.1. The Kier molecular flexibility index (Phi) is 5.36. The first-order chi connectivity index (χ1) is 10.9. The average molecular weight is 317 g/mol. The van der Waals surface area contributed by atoms with Crippen LogP contribution in [0, 0.1) is 0 Å². The number of carboxylic acids is 1. The quantitative estimate of drug-likeness (QED) is 0.794. The second-order valence-electron chi connectivity index (χ2n) is 6.43. The summed E-state index contributed by atoms with van der Waals surface area (Å²) >= 11 is 0. The first-order valence-corrected chi connectivity index (χ1v) is 7.74. The Morgan fingerprint density at radius 3 is 2.52 bits per heavy atom. The van der Waals surface area contributed by atoms with E-state index >= 15 is 0 Å². The van der Waals surface area contributed by atoms with Crippen LogP contribution < -0.4 is 4.74 Å². The van der Waals surface area contributed by atoms with Crippen LogP contribution >= 0.6 is 0 Å². The van der Waals surface area contributed by atoms with Crippen molar-refractivity contribution in [3.63, 3.8) is 0 Å². The average Bonchev–Trinajstić information content (AvgIpc) is 2.92. The number of aromatic nitrogens is 3. The summed E-state index contributed by atoms with van der Waals surface area (Å²) in [6.07, 6.45) is 1.71. The third-order valence-electron chi connectivity index (χ3n) is 3.42. The van der Waals surface area contributed by atoms with Crippen molar-refractivity contribution in [3.05, 3.63) is 41.7 Å². The van der Waals surface area contributed by atoms with Gasteiger partial charge in [0.15, 0.2) is 5.69 Å². The molecular formula is C17H23N3O3. The van der Waals surface area contributed by atoms with E-state index < -0.39 is 5.97 Å². The summed E-state index contributed by atoms with van der Waals surface area (Å²) in [4.78, 5) is 11.3. The number of ether oxygens (including phenoxy) is 1. The summed E-state index contributed by atoms with van der Waals surface area (Å²) in [6, 6.07) is 9.68. The molecule has 0 fully saturated rings. The summed E-state index contributed by atoms with van der Waals surface area (Å²) in [6.45, 7) is 7.15. The number of nitrogens with zero attached hydrogens (tertiary/aromatic N) is 3. The molecule has 23 heavy (non-hydrogen) atoms. The first kappa shape index (κ1) is 17.0. The zero-order valence-electron chi connectivity index (χ0n) is 13.8. The Labute approximate surface area is 136 Å². The number of hydrogen-bond acceptors (Lipinski definition) is 4. The van der Waals surface area contributed by atoms with Gasteiger partial charge in [0.25, 0.3) is 0 Å². The van der Waals surface area contributed by atoms with Crippen LogP contribution in [0.3, 0.4) is 0 Å². The van der Waals surface area contributed by atoms with Crippen molar-refractivity contribution >= 4 is 5.97 Å². The summed E-state index contributed by atoms with van der Waals surface area (Å²) in [5.74, 6) is -0.176. The zero-order valence-corrected chi connectivity index (χ0v) is 13.8. The minimum Gasteiger partial charge on any atom is -0.494 e. The van der Waals surface area contributed by atoms with E-state index in [0.29, 0.717) is 18.8 Å². The van der Waals surface area contributed by atoms with Crippen molar-refractivity contribution < 1.29 is 14.6 Å². The number of rotatable bonds is 7. The lowest BCUT2D eigenvalue weighted by molar-refractivity contribution is 0.0687.